The van der Waals surface area contributed by atoms with Crippen molar-refractivity contribution in [3.8, 4) is 11.5 Å². The first-order valence-corrected chi connectivity index (χ1v) is 8.36. The molecule has 1 amide bonds. The topological polar surface area (TPSA) is 60.5 Å². The molecule has 0 fully saturated rings. The number of fused-ring (bicyclic) bond motifs is 1. The lowest BCUT2D eigenvalue weighted by Crippen LogP contribution is -2.22. The maximum atomic E-state index is 12.4. The van der Waals surface area contributed by atoms with E-state index in [2.05, 4.69) is 10.3 Å². The van der Waals surface area contributed by atoms with Crippen LogP contribution in [0.2, 0.25) is 5.02 Å². The van der Waals surface area contributed by atoms with Gasteiger partial charge in [0.2, 0.25) is 0 Å². The second-order valence-electron chi connectivity index (χ2n) is 4.95. The lowest BCUT2D eigenvalue weighted by molar-refractivity contribution is 0.0950. The number of ether oxygens (including phenoxy) is 2. The predicted molar refractivity (Wildman–Crippen MR) is 95.3 cm³/mol. The van der Waals surface area contributed by atoms with E-state index in [4.69, 9.17) is 21.1 Å². The van der Waals surface area contributed by atoms with E-state index >= 15 is 0 Å². The molecule has 1 heterocycles. The Labute approximate surface area is 148 Å². The van der Waals surface area contributed by atoms with Gasteiger partial charge in [0.25, 0.3) is 5.91 Å². The molecule has 7 heteroatoms. The summed E-state index contributed by atoms with van der Waals surface area (Å²) in [7, 11) is 2.99. The van der Waals surface area contributed by atoms with Crippen LogP contribution in [0, 0.1) is 0 Å². The van der Waals surface area contributed by atoms with Crippen molar-refractivity contribution >= 4 is 39.1 Å². The summed E-state index contributed by atoms with van der Waals surface area (Å²) in [6.45, 7) is 0.351. The van der Waals surface area contributed by atoms with Crippen LogP contribution in [-0.4, -0.2) is 25.1 Å². The first-order valence-electron chi connectivity index (χ1n) is 7.16. The molecular formula is C17H15ClN2O3S. The number of thiazole rings is 1. The monoisotopic (exact) mass is 362 g/mol. The van der Waals surface area contributed by atoms with E-state index in [1.807, 2.05) is 24.3 Å². The molecular weight excluding hydrogens is 348 g/mol. The van der Waals surface area contributed by atoms with Gasteiger partial charge >= 0.3 is 0 Å². The fraction of sp³-hybridized carbons (Fsp3) is 0.176. The number of methoxy groups -OCH3 is 2. The SMILES string of the molecule is COc1cc(C(=O)NCc2nc3ccccc3s2)cc(Cl)c1OC. The first-order chi connectivity index (χ1) is 11.6. The van der Waals surface area contributed by atoms with E-state index in [0.717, 1.165) is 15.2 Å². The number of nitrogens with zero attached hydrogens (tertiary/aromatic N) is 1. The number of nitrogens with one attached hydrogen (secondary N) is 1. The average molecular weight is 363 g/mol. The van der Waals surface area contributed by atoms with E-state index < -0.39 is 0 Å². The molecule has 1 aromatic heterocycles. The Hall–Kier alpha value is -2.31. The number of hydrogen-bond acceptors (Lipinski definition) is 5. The van der Waals surface area contributed by atoms with Crippen LogP contribution in [0.25, 0.3) is 10.2 Å². The van der Waals surface area contributed by atoms with Crippen LogP contribution in [0.5, 0.6) is 11.5 Å². The maximum Gasteiger partial charge on any atom is 0.251 e. The van der Waals surface area contributed by atoms with Crippen LogP contribution in [0.4, 0.5) is 0 Å². The maximum absolute atomic E-state index is 12.4. The summed E-state index contributed by atoms with van der Waals surface area (Å²) in [5.74, 6) is 0.564. The molecule has 0 aliphatic heterocycles. The Kier molecular flexibility index (Phi) is 4.87. The number of carbonyl (C=O) groups is 1. The minimum atomic E-state index is -0.253. The summed E-state index contributed by atoms with van der Waals surface area (Å²) in [5.41, 5.74) is 1.33. The number of hydrogen-bond donors (Lipinski definition) is 1. The molecule has 0 saturated heterocycles. The summed E-state index contributed by atoms with van der Waals surface area (Å²) in [5, 5.41) is 4.01. The summed E-state index contributed by atoms with van der Waals surface area (Å²) >= 11 is 7.69. The fourth-order valence-electron chi connectivity index (χ4n) is 2.30. The molecule has 0 saturated carbocycles. The van der Waals surface area contributed by atoms with Gasteiger partial charge < -0.3 is 14.8 Å². The highest BCUT2D eigenvalue weighted by atomic mass is 35.5. The Morgan fingerprint density at radius 3 is 2.75 bits per heavy atom. The van der Waals surface area contributed by atoms with Crippen molar-refractivity contribution in [1.82, 2.24) is 10.3 Å². The number of para-hydroxylation sites is 1. The number of amides is 1. The summed E-state index contributed by atoms with van der Waals surface area (Å²) in [6.07, 6.45) is 0. The van der Waals surface area contributed by atoms with Gasteiger partial charge in [0, 0.05) is 5.56 Å². The normalized spacial score (nSPS) is 10.6. The molecule has 5 nitrogen and oxygen atoms in total. The highest BCUT2D eigenvalue weighted by molar-refractivity contribution is 7.18. The Morgan fingerprint density at radius 1 is 1.25 bits per heavy atom. The van der Waals surface area contributed by atoms with Gasteiger partial charge in [-0.25, -0.2) is 4.98 Å². The number of benzene rings is 2. The quantitative estimate of drug-likeness (QED) is 0.747. The lowest BCUT2D eigenvalue weighted by atomic mass is 10.2. The molecule has 0 spiro atoms. The van der Waals surface area contributed by atoms with Crippen LogP contribution in [0.1, 0.15) is 15.4 Å². The third kappa shape index (κ3) is 3.29. The molecule has 24 heavy (non-hydrogen) atoms. The lowest BCUT2D eigenvalue weighted by Gasteiger charge is -2.11. The van der Waals surface area contributed by atoms with Gasteiger partial charge in [-0.1, -0.05) is 23.7 Å². The second kappa shape index (κ2) is 7.07. The zero-order chi connectivity index (χ0) is 17.1. The third-order valence-corrected chi connectivity index (χ3v) is 4.75. The molecule has 3 rings (SSSR count). The standard InChI is InChI=1S/C17H15ClN2O3S/c1-22-13-8-10(7-11(18)16(13)23-2)17(21)19-9-15-20-12-5-3-4-6-14(12)24-15/h3-8H,9H2,1-2H3,(H,19,21). The smallest absolute Gasteiger partial charge is 0.251 e. The molecule has 2 aromatic carbocycles. The van der Waals surface area contributed by atoms with Crippen molar-refractivity contribution in [3.05, 3.63) is 52.0 Å². The van der Waals surface area contributed by atoms with Crippen molar-refractivity contribution in [2.45, 2.75) is 6.54 Å². The molecule has 0 radical (unpaired) electrons. The largest absolute Gasteiger partial charge is 0.493 e. The van der Waals surface area contributed by atoms with Crippen LogP contribution in [-0.2, 0) is 6.54 Å². The molecule has 1 N–H and O–H groups in total. The zero-order valence-corrected chi connectivity index (χ0v) is 14.7. The minimum absolute atomic E-state index is 0.253. The van der Waals surface area contributed by atoms with Crippen LogP contribution >= 0.6 is 22.9 Å². The van der Waals surface area contributed by atoms with Gasteiger partial charge in [-0.05, 0) is 24.3 Å². The van der Waals surface area contributed by atoms with Crippen molar-refractivity contribution in [2.75, 3.05) is 14.2 Å². The number of halogens is 1. The molecule has 3 aromatic rings. The van der Waals surface area contributed by atoms with E-state index in [1.54, 1.807) is 23.5 Å². The second-order valence-corrected chi connectivity index (χ2v) is 6.47. The molecule has 0 atom stereocenters. The van der Waals surface area contributed by atoms with E-state index in [0.29, 0.717) is 28.6 Å². The van der Waals surface area contributed by atoms with Crippen LogP contribution in [0.15, 0.2) is 36.4 Å². The first kappa shape index (κ1) is 16.5. The molecule has 0 aliphatic carbocycles. The minimum Gasteiger partial charge on any atom is -0.493 e. The summed E-state index contributed by atoms with van der Waals surface area (Å²) in [4.78, 5) is 16.9. The highest BCUT2D eigenvalue weighted by Gasteiger charge is 2.15. The fourth-order valence-corrected chi connectivity index (χ4v) is 3.50. The Bertz CT molecular complexity index is 862. The van der Waals surface area contributed by atoms with Gasteiger partial charge in [-0.15, -0.1) is 11.3 Å². The number of carbonyl (C=O) groups excluding carboxylic acids is 1. The number of rotatable bonds is 5. The van der Waals surface area contributed by atoms with E-state index in [-0.39, 0.29) is 5.91 Å². The van der Waals surface area contributed by atoms with Gasteiger partial charge in [0.15, 0.2) is 11.5 Å². The number of aromatic nitrogens is 1. The van der Waals surface area contributed by atoms with Crippen molar-refractivity contribution < 1.29 is 14.3 Å². The molecule has 0 unspecified atom stereocenters. The summed E-state index contributed by atoms with van der Waals surface area (Å²) < 4.78 is 11.5. The Morgan fingerprint density at radius 2 is 2.04 bits per heavy atom. The summed E-state index contributed by atoms with van der Waals surface area (Å²) in [6, 6.07) is 11.0. The van der Waals surface area contributed by atoms with Crippen LogP contribution < -0.4 is 14.8 Å². The van der Waals surface area contributed by atoms with Gasteiger partial charge in [-0.2, -0.15) is 0 Å². The van der Waals surface area contributed by atoms with Gasteiger partial charge in [0.05, 0.1) is 36.0 Å². The zero-order valence-electron chi connectivity index (χ0n) is 13.1. The van der Waals surface area contributed by atoms with E-state index in [1.165, 1.54) is 14.2 Å². The van der Waals surface area contributed by atoms with Gasteiger partial charge in [0.1, 0.15) is 5.01 Å². The van der Waals surface area contributed by atoms with Crippen molar-refractivity contribution in [3.63, 3.8) is 0 Å². The van der Waals surface area contributed by atoms with Gasteiger partial charge in [-0.3, -0.25) is 4.79 Å². The van der Waals surface area contributed by atoms with E-state index in [9.17, 15) is 4.79 Å². The van der Waals surface area contributed by atoms with Crippen molar-refractivity contribution in [1.29, 1.82) is 0 Å². The predicted octanol–water partition coefficient (Wildman–Crippen LogP) is 3.90. The highest BCUT2D eigenvalue weighted by Crippen LogP contribution is 2.36. The molecule has 0 bridgehead atoms. The van der Waals surface area contributed by atoms with Crippen LogP contribution in [0.3, 0.4) is 0 Å². The molecule has 0 aliphatic rings. The Balaban J connectivity index is 1.76. The van der Waals surface area contributed by atoms with Crippen molar-refractivity contribution in [2.24, 2.45) is 0 Å². The average Bonchev–Trinajstić information content (AvgIpc) is 3.01. The third-order valence-electron chi connectivity index (χ3n) is 3.43. The molecule has 124 valence electrons.